The summed E-state index contributed by atoms with van der Waals surface area (Å²) in [6.45, 7) is 8.60. The highest BCUT2D eigenvalue weighted by Crippen LogP contribution is 2.50. The lowest BCUT2D eigenvalue weighted by Crippen LogP contribution is -2.76. The van der Waals surface area contributed by atoms with Gasteiger partial charge in [0.2, 0.25) is 5.78 Å². The highest BCUT2D eigenvalue weighted by molar-refractivity contribution is 5.87. The normalized spacial score (nSPS) is 15.4. The Kier molecular flexibility index (Phi) is 14.6. The summed E-state index contributed by atoms with van der Waals surface area (Å²) < 4.78 is 132. The van der Waals surface area contributed by atoms with Crippen LogP contribution in [0.15, 0.2) is 133 Å². The van der Waals surface area contributed by atoms with Gasteiger partial charge in [0.15, 0.2) is 0 Å². The quantitative estimate of drug-likeness (QED) is 0.0649. The summed E-state index contributed by atoms with van der Waals surface area (Å²) in [7, 11) is 0. The number of alkyl halides is 6. The fourth-order valence-electron chi connectivity index (χ4n) is 6.83. The molecule has 0 bridgehead atoms. The van der Waals surface area contributed by atoms with Crippen LogP contribution in [0.5, 0.6) is 28.7 Å². The standard InChI is InChI=1S/C49H52F6O10/c1-9-39(56)46(61-34-24-16-11-17-25-34,49(58,62-35-26-18-12-19-27-35)63-36-28-20-13-21-29-36)65-44(8,60-33-22-14-10-15-23-33)48(57,59-32-45(50,51)52)64-38-31-30-37(42(2,3)4)40(47(53,54)55)41(38)43(5,6)7/h10-31,57-58H,9,32H2,1-8H3. The van der Waals surface area contributed by atoms with Crippen LogP contribution < -0.4 is 23.7 Å². The number of rotatable bonds is 18. The molecule has 0 aliphatic heterocycles. The van der Waals surface area contributed by atoms with Crippen LogP contribution in [0.3, 0.4) is 0 Å². The van der Waals surface area contributed by atoms with Gasteiger partial charge >= 0.3 is 35.9 Å². The average Bonchev–Trinajstić information content (AvgIpc) is 3.22. The Bertz CT molecular complexity index is 2290. The van der Waals surface area contributed by atoms with E-state index < -0.39 is 82.4 Å². The Morgan fingerprint density at radius 1 is 0.508 bits per heavy atom. The average molecular weight is 915 g/mol. The van der Waals surface area contributed by atoms with Crippen molar-refractivity contribution in [3.8, 4) is 28.7 Å². The number of carbonyl (C=O) groups excluding carboxylic acids is 1. The molecule has 0 fully saturated rings. The molecule has 0 heterocycles. The first kappa shape index (κ1) is 50.2. The minimum absolute atomic E-state index is 0.168. The lowest BCUT2D eigenvalue weighted by molar-refractivity contribution is -0.504. The number of aliphatic hydroxyl groups is 2. The second-order valence-electron chi connectivity index (χ2n) is 17.1. The number of hydrogen-bond donors (Lipinski definition) is 2. The van der Waals surface area contributed by atoms with E-state index in [4.69, 9.17) is 33.2 Å². The second kappa shape index (κ2) is 19.0. The summed E-state index contributed by atoms with van der Waals surface area (Å²) in [6, 6.07) is 31.0. The molecule has 0 amide bonds. The van der Waals surface area contributed by atoms with E-state index in [0.717, 1.165) is 19.1 Å². The molecule has 0 aromatic heterocycles. The van der Waals surface area contributed by atoms with Crippen LogP contribution in [0, 0.1) is 0 Å². The van der Waals surface area contributed by atoms with Crippen LogP contribution in [0.2, 0.25) is 0 Å². The first-order valence-corrected chi connectivity index (χ1v) is 20.4. The molecule has 10 nitrogen and oxygen atoms in total. The van der Waals surface area contributed by atoms with Crippen molar-refractivity contribution in [2.24, 2.45) is 0 Å². The highest BCUT2D eigenvalue weighted by atomic mass is 19.4. The highest BCUT2D eigenvalue weighted by Gasteiger charge is 2.73. The van der Waals surface area contributed by atoms with Gasteiger partial charge in [0.05, 0.1) is 5.56 Å². The molecule has 0 spiro atoms. The molecule has 5 aromatic rings. The van der Waals surface area contributed by atoms with E-state index in [0.29, 0.717) is 0 Å². The predicted molar refractivity (Wildman–Crippen MR) is 227 cm³/mol. The van der Waals surface area contributed by atoms with Crippen LogP contribution in [-0.4, -0.2) is 52.3 Å². The Hall–Kier alpha value is -5.81. The van der Waals surface area contributed by atoms with E-state index in [1.807, 2.05) is 0 Å². The summed E-state index contributed by atoms with van der Waals surface area (Å²) in [4.78, 5) is 15.0. The minimum atomic E-state index is -5.25. The van der Waals surface area contributed by atoms with Gasteiger partial charge in [-0.15, -0.1) is 0 Å². The number of carbonyl (C=O) groups is 1. The van der Waals surface area contributed by atoms with Gasteiger partial charge in [0, 0.05) is 18.9 Å². The molecule has 0 saturated carbocycles. The summed E-state index contributed by atoms with van der Waals surface area (Å²) in [5, 5.41) is 26.0. The maximum absolute atomic E-state index is 15.4. The summed E-state index contributed by atoms with van der Waals surface area (Å²) in [5.41, 5.74) is -4.63. The fourth-order valence-corrected chi connectivity index (χ4v) is 6.83. The zero-order valence-corrected chi connectivity index (χ0v) is 37.0. The van der Waals surface area contributed by atoms with Crippen molar-refractivity contribution >= 4 is 5.78 Å². The SMILES string of the molecule is CCC(=O)C(Oc1ccccc1)(OC(C)(Oc1ccccc1)C(O)(OCC(F)(F)F)Oc1ccc(C(C)(C)C)c(C(F)(F)F)c1C(C)(C)C)C(O)(Oc1ccccc1)Oc1ccccc1. The molecule has 3 atom stereocenters. The number of ketones is 1. The molecular formula is C49H52F6O10. The molecule has 0 aliphatic carbocycles. The van der Waals surface area contributed by atoms with E-state index in [9.17, 15) is 28.2 Å². The number of benzene rings is 5. The molecule has 16 heteroatoms. The van der Waals surface area contributed by atoms with Crippen molar-refractivity contribution in [3.05, 3.63) is 150 Å². The van der Waals surface area contributed by atoms with E-state index in [1.54, 1.807) is 45.0 Å². The van der Waals surface area contributed by atoms with Crippen LogP contribution in [0.4, 0.5) is 26.3 Å². The van der Waals surface area contributed by atoms with Gasteiger partial charge in [0.1, 0.15) is 35.4 Å². The Morgan fingerprint density at radius 3 is 1.29 bits per heavy atom. The lowest BCUT2D eigenvalue weighted by atomic mass is 9.75. The molecule has 0 radical (unpaired) electrons. The Balaban J connectivity index is 1.92. The monoisotopic (exact) mass is 914 g/mol. The van der Waals surface area contributed by atoms with Crippen molar-refractivity contribution in [3.63, 3.8) is 0 Å². The maximum atomic E-state index is 15.4. The maximum Gasteiger partial charge on any atom is 0.448 e. The lowest BCUT2D eigenvalue weighted by Gasteiger charge is -2.49. The van der Waals surface area contributed by atoms with Crippen LogP contribution in [0.1, 0.15) is 78.5 Å². The number of para-hydroxylation sites is 4. The number of ether oxygens (including phenoxy) is 7. The van der Waals surface area contributed by atoms with Crippen molar-refractivity contribution < 1.29 is 74.5 Å². The largest absolute Gasteiger partial charge is 0.453 e. The molecule has 0 saturated heterocycles. The fraction of sp³-hybridized carbons (Fsp3) is 0.367. The third kappa shape index (κ3) is 11.7. The van der Waals surface area contributed by atoms with E-state index in [2.05, 4.69) is 0 Å². The Labute approximate surface area is 373 Å². The van der Waals surface area contributed by atoms with Crippen LogP contribution in [-0.2, 0) is 31.3 Å². The second-order valence-corrected chi connectivity index (χ2v) is 17.1. The first-order chi connectivity index (χ1) is 30.2. The molecule has 65 heavy (non-hydrogen) atoms. The number of halogens is 6. The van der Waals surface area contributed by atoms with Crippen molar-refractivity contribution in [1.82, 2.24) is 0 Å². The van der Waals surface area contributed by atoms with Crippen molar-refractivity contribution in [2.45, 2.75) is 109 Å². The van der Waals surface area contributed by atoms with Crippen molar-refractivity contribution in [1.29, 1.82) is 0 Å². The molecule has 2 N–H and O–H groups in total. The van der Waals surface area contributed by atoms with Gasteiger partial charge in [-0.05, 0) is 71.0 Å². The van der Waals surface area contributed by atoms with Gasteiger partial charge in [-0.2, -0.15) is 26.3 Å². The summed E-state index contributed by atoms with van der Waals surface area (Å²) in [5.74, 6) is -17.5. The van der Waals surface area contributed by atoms with E-state index in [1.165, 1.54) is 125 Å². The number of hydrogen-bond acceptors (Lipinski definition) is 10. The summed E-state index contributed by atoms with van der Waals surface area (Å²) >= 11 is 0. The predicted octanol–water partition coefficient (Wildman–Crippen LogP) is 11.3. The zero-order chi connectivity index (χ0) is 48.1. The van der Waals surface area contributed by atoms with E-state index in [-0.39, 0.29) is 28.6 Å². The smallest absolute Gasteiger partial charge is 0.448 e. The van der Waals surface area contributed by atoms with E-state index >= 15 is 13.2 Å². The number of Topliss-reactive ketones (excluding diaryl/α,β-unsaturated/α-hetero) is 1. The van der Waals surface area contributed by atoms with Gasteiger partial charge in [-0.25, -0.2) is 0 Å². The van der Waals surface area contributed by atoms with Gasteiger partial charge < -0.3 is 38.6 Å². The molecule has 350 valence electrons. The zero-order valence-electron chi connectivity index (χ0n) is 37.0. The topological polar surface area (TPSA) is 122 Å². The molecule has 0 aliphatic rings. The minimum Gasteiger partial charge on any atom is -0.453 e. The third-order valence-corrected chi connectivity index (χ3v) is 9.76. The Morgan fingerprint density at radius 2 is 0.923 bits per heavy atom. The first-order valence-electron chi connectivity index (χ1n) is 20.4. The molecule has 5 aromatic carbocycles. The van der Waals surface area contributed by atoms with Crippen molar-refractivity contribution in [2.75, 3.05) is 6.61 Å². The van der Waals surface area contributed by atoms with Gasteiger partial charge in [0.25, 0.3) is 0 Å². The van der Waals surface area contributed by atoms with Gasteiger partial charge in [-0.1, -0.05) is 127 Å². The van der Waals surface area contributed by atoms with Crippen LogP contribution in [0.25, 0.3) is 0 Å². The molecule has 3 unspecified atom stereocenters. The van der Waals surface area contributed by atoms with Gasteiger partial charge in [-0.3, -0.25) is 9.53 Å². The van der Waals surface area contributed by atoms with Crippen LogP contribution >= 0.6 is 0 Å². The third-order valence-electron chi connectivity index (χ3n) is 9.76. The molecular weight excluding hydrogens is 863 g/mol. The molecule has 5 rings (SSSR count). The summed E-state index contributed by atoms with van der Waals surface area (Å²) in [6.07, 6.45) is -10.9.